The number of alkyl halides is 3. The molecule has 41 heavy (non-hydrogen) atoms. The van der Waals surface area contributed by atoms with Gasteiger partial charge < -0.3 is 9.80 Å². The fraction of sp³-hybridized carbons (Fsp3) is 0.310. The normalized spacial score (nSPS) is 16.5. The van der Waals surface area contributed by atoms with Crippen molar-refractivity contribution in [2.45, 2.75) is 25.1 Å². The van der Waals surface area contributed by atoms with Crippen LogP contribution in [0.1, 0.15) is 34.8 Å². The standard InChI is InChI=1S/C29H25F5N4O3/c1-16(30)27(40)36-12-10-19(11-13-36)26(39)23-5-3-4-22-24(18-6-8-20(9-7-18)29(32,33)34)35-38(25(22)23)21-14-37(15-21)28(41)17(2)31/h3-9,19,21H,1-2,10-15H2. The summed E-state index contributed by atoms with van der Waals surface area (Å²) in [6.45, 7) is 6.62. The van der Waals surface area contributed by atoms with Crippen LogP contribution < -0.4 is 0 Å². The number of aromatic nitrogens is 2. The number of hydrogen-bond donors (Lipinski definition) is 0. The molecule has 3 heterocycles. The molecular weight excluding hydrogens is 547 g/mol. The number of carbonyl (C=O) groups is 3. The summed E-state index contributed by atoms with van der Waals surface area (Å²) in [6.07, 6.45) is -3.91. The first-order valence-electron chi connectivity index (χ1n) is 12.9. The summed E-state index contributed by atoms with van der Waals surface area (Å²) in [6, 6.07) is 9.09. The lowest BCUT2D eigenvalue weighted by atomic mass is 9.87. The first-order chi connectivity index (χ1) is 19.4. The second-order valence-corrected chi connectivity index (χ2v) is 10.2. The van der Waals surface area contributed by atoms with Gasteiger partial charge >= 0.3 is 6.18 Å². The molecule has 5 rings (SSSR count). The van der Waals surface area contributed by atoms with Gasteiger partial charge in [0, 0.05) is 48.6 Å². The van der Waals surface area contributed by atoms with Crippen LogP contribution in [0.15, 0.2) is 67.3 Å². The van der Waals surface area contributed by atoms with Crippen molar-refractivity contribution in [2.75, 3.05) is 26.2 Å². The number of Topliss-reactive ketones (excluding diaryl/α,β-unsaturated/α-hetero) is 1. The highest BCUT2D eigenvalue weighted by Gasteiger charge is 2.37. The molecule has 2 aliphatic rings. The van der Waals surface area contributed by atoms with Crippen LogP contribution in [-0.4, -0.2) is 63.4 Å². The van der Waals surface area contributed by atoms with E-state index < -0.39 is 47.2 Å². The van der Waals surface area contributed by atoms with Gasteiger partial charge in [-0.3, -0.25) is 19.1 Å². The average Bonchev–Trinajstić information content (AvgIpc) is 3.30. The molecule has 1 aromatic heterocycles. The monoisotopic (exact) mass is 572 g/mol. The van der Waals surface area contributed by atoms with Crippen molar-refractivity contribution in [3.63, 3.8) is 0 Å². The molecule has 2 aliphatic heterocycles. The fourth-order valence-electron chi connectivity index (χ4n) is 5.37. The van der Waals surface area contributed by atoms with E-state index in [-0.39, 0.29) is 32.0 Å². The number of halogens is 5. The van der Waals surface area contributed by atoms with Gasteiger partial charge in [0.2, 0.25) is 0 Å². The van der Waals surface area contributed by atoms with E-state index in [1.165, 1.54) is 21.9 Å². The summed E-state index contributed by atoms with van der Waals surface area (Å²) in [5.74, 6) is -4.51. The zero-order valence-electron chi connectivity index (χ0n) is 21.8. The molecule has 0 unspecified atom stereocenters. The van der Waals surface area contributed by atoms with E-state index in [0.717, 1.165) is 12.1 Å². The molecule has 2 aromatic carbocycles. The van der Waals surface area contributed by atoms with Gasteiger partial charge in [0.25, 0.3) is 11.8 Å². The van der Waals surface area contributed by atoms with Gasteiger partial charge in [0.1, 0.15) is 5.69 Å². The van der Waals surface area contributed by atoms with Crippen molar-refractivity contribution in [3.05, 3.63) is 78.4 Å². The Balaban J connectivity index is 1.52. The SMILES string of the molecule is C=C(F)C(=O)N1CCC(C(=O)c2cccc3c(-c4ccc(C(F)(F)F)cc4)nn(C4CN(C(=O)C(=C)F)C4)c23)CC1. The van der Waals surface area contributed by atoms with E-state index in [9.17, 15) is 36.3 Å². The minimum Gasteiger partial charge on any atom is -0.337 e. The molecular formula is C29H25F5N4O3. The molecule has 2 amide bonds. The van der Waals surface area contributed by atoms with Gasteiger partial charge in [-0.2, -0.15) is 18.3 Å². The molecule has 0 bridgehead atoms. The molecule has 7 nitrogen and oxygen atoms in total. The fourth-order valence-corrected chi connectivity index (χ4v) is 5.37. The highest BCUT2D eigenvalue weighted by molar-refractivity contribution is 6.10. The second kappa shape index (κ2) is 10.6. The molecule has 0 radical (unpaired) electrons. The summed E-state index contributed by atoms with van der Waals surface area (Å²) in [5.41, 5.74) is 0.701. The lowest BCUT2D eigenvalue weighted by Gasteiger charge is -2.39. The second-order valence-electron chi connectivity index (χ2n) is 10.2. The summed E-state index contributed by atoms with van der Waals surface area (Å²) < 4.78 is 67.8. The Morgan fingerprint density at radius 2 is 1.44 bits per heavy atom. The zero-order chi connectivity index (χ0) is 29.6. The Morgan fingerprint density at radius 3 is 2.00 bits per heavy atom. The molecule has 214 valence electrons. The smallest absolute Gasteiger partial charge is 0.337 e. The van der Waals surface area contributed by atoms with E-state index in [1.54, 1.807) is 22.9 Å². The molecule has 0 N–H and O–H groups in total. The number of amides is 2. The maximum atomic E-state index is 13.8. The Hall–Kier alpha value is -4.35. The summed E-state index contributed by atoms with van der Waals surface area (Å²) in [4.78, 5) is 40.3. The van der Waals surface area contributed by atoms with Crippen LogP contribution in [0, 0.1) is 5.92 Å². The topological polar surface area (TPSA) is 75.5 Å². The first kappa shape index (κ1) is 28.2. The third kappa shape index (κ3) is 5.25. The van der Waals surface area contributed by atoms with Crippen LogP contribution in [0.4, 0.5) is 22.0 Å². The minimum absolute atomic E-state index is 0.0984. The lowest BCUT2D eigenvalue weighted by molar-refractivity contribution is -0.137. The van der Waals surface area contributed by atoms with Crippen molar-refractivity contribution >= 4 is 28.5 Å². The Bertz CT molecular complexity index is 1560. The third-order valence-electron chi connectivity index (χ3n) is 7.59. The molecule has 0 spiro atoms. The Morgan fingerprint density at radius 1 is 0.854 bits per heavy atom. The number of ketones is 1. The van der Waals surface area contributed by atoms with Gasteiger partial charge in [-0.1, -0.05) is 37.4 Å². The van der Waals surface area contributed by atoms with Crippen LogP contribution in [0.25, 0.3) is 22.2 Å². The minimum atomic E-state index is -4.51. The molecule has 12 heteroatoms. The maximum Gasteiger partial charge on any atom is 0.416 e. The van der Waals surface area contributed by atoms with E-state index in [0.29, 0.717) is 40.6 Å². The van der Waals surface area contributed by atoms with Gasteiger partial charge in [0.15, 0.2) is 17.4 Å². The number of piperidine rings is 1. The van der Waals surface area contributed by atoms with Crippen LogP contribution in [0.3, 0.4) is 0 Å². The van der Waals surface area contributed by atoms with Crippen molar-refractivity contribution in [1.82, 2.24) is 19.6 Å². The number of nitrogens with zero attached hydrogens (tertiary/aromatic N) is 4. The number of rotatable bonds is 6. The molecule has 0 saturated carbocycles. The number of para-hydroxylation sites is 1. The number of carbonyl (C=O) groups excluding carboxylic acids is 3. The van der Waals surface area contributed by atoms with Crippen molar-refractivity contribution in [1.29, 1.82) is 0 Å². The number of hydrogen-bond acceptors (Lipinski definition) is 4. The number of fused-ring (bicyclic) bond motifs is 1. The van der Waals surface area contributed by atoms with E-state index in [2.05, 4.69) is 18.3 Å². The number of benzene rings is 2. The van der Waals surface area contributed by atoms with Crippen LogP contribution >= 0.6 is 0 Å². The van der Waals surface area contributed by atoms with Gasteiger partial charge in [-0.15, -0.1) is 0 Å². The largest absolute Gasteiger partial charge is 0.416 e. The van der Waals surface area contributed by atoms with Crippen LogP contribution in [-0.2, 0) is 15.8 Å². The third-order valence-corrected chi connectivity index (χ3v) is 7.59. The Labute approximate surface area is 231 Å². The van der Waals surface area contributed by atoms with Crippen LogP contribution in [0.2, 0.25) is 0 Å². The van der Waals surface area contributed by atoms with Gasteiger partial charge in [0.05, 0.1) is 17.1 Å². The van der Waals surface area contributed by atoms with Crippen molar-refractivity contribution in [2.24, 2.45) is 5.92 Å². The summed E-state index contributed by atoms with van der Waals surface area (Å²) >= 11 is 0. The van der Waals surface area contributed by atoms with E-state index in [1.807, 2.05) is 0 Å². The zero-order valence-corrected chi connectivity index (χ0v) is 21.8. The summed E-state index contributed by atoms with van der Waals surface area (Å²) in [7, 11) is 0. The van der Waals surface area contributed by atoms with Crippen molar-refractivity contribution < 1.29 is 36.3 Å². The molecule has 2 fully saturated rings. The lowest BCUT2D eigenvalue weighted by Crippen LogP contribution is -2.51. The first-order valence-corrected chi connectivity index (χ1v) is 12.9. The highest BCUT2D eigenvalue weighted by atomic mass is 19.4. The van der Waals surface area contributed by atoms with Crippen molar-refractivity contribution in [3.8, 4) is 11.3 Å². The van der Waals surface area contributed by atoms with Gasteiger partial charge in [-0.05, 0) is 31.0 Å². The average molecular weight is 573 g/mol. The molecule has 0 aliphatic carbocycles. The number of likely N-dealkylation sites (tertiary alicyclic amines) is 2. The van der Waals surface area contributed by atoms with E-state index >= 15 is 0 Å². The molecule has 3 aromatic rings. The predicted octanol–water partition coefficient (Wildman–Crippen LogP) is 5.49. The quantitative estimate of drug-likeness (QED) is 0.222. The van der Waals surface area contributed by atoms with Crippen LogP contribution in [0.5, 0.6) is 0 Å². The maximum absolute atomic E-state index is 13.8. The van der Waals surface area contributed by atoms with E-state index in [4.69, 9.17) is 0 Å². The molecule has 0 atom stereocenters. The molecule has 2 saturated heterocycles. The highest BCUT2D eigenvalue weighted by Crippen LogP contribution is 2.37. The Kier molecular flexibility index (Phi) is 7.26. The van der Waals surface area contributed by atoms with Gasteiger partial charge in [-0.25, -0.2) is 8.78 Å². The summed E-state index contributed by atoms with van der Waals surface area (Å²) in [5, 5.41) is 5.20. The predicted molar refractivity (Wildman–Crippen MR) is 140 cm³/mol.